The van der Waals surface area contributed by atoms with Crippen LogP contribution in [0, 0.1) is 22.7 Å². The third-order valence-electron chi connectivity index (χ3n) is 7.18. The number of carbonyl (C=O) groups is 4. The van der Waals surface area contributed by atoms with E-state index in [0.29, 0.717) is 12.0 Å². The van der Waals surface area contributed by atoms with E-state index in [1.807, 2.05) is 37.3 Å². The van der Waals surface area contributed by atoms with Crippen LogP contribution in [-0.4, -0.2) is 29.7 Å². The second-order valence-corrected chi connectivity index (χ2v) is 9.80. The van der Waals surface area contributed by atoms with Gasteiger partial charge in [-0.1, -0.05) is 56.3 Å². The highest BCUT2D eigenvalue weighted by Crippen LogP contribution is 2.84. The van der Waals surface area contributed by atoms with E-state index >= 15 is 0 Å². The first-order chi connectivity index (χ1) is 15.9. The number of amides is 2. The molecule has 0 spiro atoms. The topological polar surface area (TPSA) is 134 Å². The van der Waals surface area contributed by atoms with Crippen LogP contribution in [0.3, 0.4) is 0 Å². The monoisotopic (exact) mass is 472 g/mol. The van der Waals surface area contributed by atoms with Gasteiger partial charge in [-0.25, -0.2) is 14.4 Å². The van der Waals surface area contributed by atoms with E-state index in [-0.39, 0.29) is 18.3 Å². The summed E-state index contributed by atoms with van der Waals surface area (Å²) in [6.07, 6.45) is -1.45. The van der Waals surface area contributed by atoms with Gasteiger partial charge in [-0.15, -0.1) is 5.48 Å². The maximum atomic E-state index is 13.7. The third kappa shape index (κ3) is 3.82. The van der Waals surface area contributed by atoms with Gasteiger partial charge in [-0.05, 0) is 45.1 Å². The summed E-state index contributed by atoms with van der Waals surface area (Å²) in [5, 5.41) is 0. The SMILES string of the molecule is C=C1C(c2ccccc2)C2C(C(=O)OC(N)=O)C2(CC)C1(CC)C(=O)ONC(=O)OC(C)(C)C. The molecule has 2 saturated carbocycles. The molecule has 3 rings (SSSR count). The molecule has 2 aliphatic carbocycles. The number of carbonyl (C=O) groups excluding carboxylic acids is 4. The number of esters is 1. The van der Waals surface area contributed by atoms with Gasteiger partial charge in [-0.3, -0.25) is 4.79 Å². The van der Waals surface area contributed by atoms with E-state index in [9.17, 15) is 19.2 Å². The van der Waals surface area contributed by atoms with Crippen molar-refractivity contribution in [1.82, 2.24) is 5.48 Å². The molecule has 0 radical (unpaired) electrons. The largest absolute Gasteiger partial charge is 0.442 e. The van der Waals surface area contributed by atoms with Gasteiger partial charge in [0.2, 0.25) is 0 Å². The zero-order valence-electron chi connectivity index (χ0n) is 20.2. The summed E-state index contributed by atoms with van der Waals surface area (Å²) in [5.74, 6) is -3.01. The Bertz CT molecular complexity index is 1020. The average molecular weight is 473 g/mol. The molecule has 2 aliphatic rings. The highest BCUT2D eigenvalue weighted by molar-refractivity contribution is 5.94. The number of primary amides is 1. The van der Waals surface area contributed by atoms with Gasteiger partial charge in [0, 0.05) is 11.3 Å². The van der Waals surface area contributed by atoms with Crippen molar-refractivity contribution in [2.45, 2.75) is 59.0 Å². The molecule has 0 aliphatic heterocycles. The van der Waals surface area contributed by atoms with Crippen LogP contribution >= 0.6 is 0 Å². The van der Waals surface area contributed by atoms with Crippen molar-refractivity contribution in [2.24, 2.45) is 28.4 Å². The highest BCUT2D eigenvalue weighted by atomic mass is 16.7. The van der Waals surface area contributed by atoms with Gasteiger partial charge in [0.1, 0.15) is 5.60 Å². The minimum atomic E-state index is -1.32. The summed E-state index contributed by atoms with van der Waals surface area (Å²) in [6.45, 7) is 13.0. The molecule has 5 atom stereocenters. The van der Waals surface area contributed by atoms with Crippen LogP contribution in [-0.2, 0) is 23.9 Å². The zero-order valence-corrected chi connectivity index (χ0v) is 20.2. The maximum Gasteiger partial charge on any atom is 0.441 e. The Balaban J connectivity index is 2.03. The predicted octanol–water partition coefficient (Wildman–Crippen LogP) is 3.98. The molecule has 9 nitrogen and oxygen atoms in total. The van der Waals surface area contributed by atoms with Gasteiger partial charge >= 0.3 is 24.1 Å². The minimum Gasteiger partial charge on any atom is -0.442 e. The number of benzene rings is 1. The third-order valence-corrected chi connectivity index (χ3v) is 7.18. The number of hydrogen-bond acceptors (Lipinski definition) is 7. The van der Waals surface area contributed by atoms with Crippen molar-refractivity contribution >= 4 is 24.1 Å². The van der Waals surface area contributed by atoms with E-state index in [4.69, 9.17) is 20.0 Å². The van der Waals surface area contributed by atoms with Crippen LogP contribution in [0.4, 0.5) is 9.59 Å². The standard InChI is InChI=1S/C25H32N2O7/c1-7-24(20(29)34-27-22(31)33-23(4,5)6)14(3)16(15-12-10-9-11-13-15)17-18(25(17,24)8-2)19(28)32-21(26)30/h9-13,16-18H,3,7-8H2,1-2,4-6H3,(H2,26,30)(H,27,31). The van der Waals surface area contributed by atoms with Crippen molar-refractivity contribution in [3.63, 3.8) is 0 Å². The molecule has 0 heterocycles. The first kappa shape index (κ1) is 25.3. The second-order valence-electron chi connectivity index (χ2n) is 9.80. The van der Waals surface area contributed by atoms with E-state index in [1.165, 1.54) is 0 Å². The van der Waals surface area contributed by atoms with Gasteiger partial charge in [0.05, 0.1) is 11.3 Å². The molecular formula is C25H32N2O7. The number of fused-ring (bicyclic) bond motifs is 1. The molecule has 9 heteroatoms. The van der Waals surface area contributed by atoms with Crippen LogP contribution in [0.2, 0.25) is 0 Å². The molecule has 184 valence electrons. The molecule has 0 aromatic heterocycles. The Morgan fingerprint density at radius 1 is 1.09 bits per heavy atom. The Morgan fingerprint density at radius 2 is 1.71 bits per heavy atom. The molecule has 1 aromatic rings. The molecule has 3 N–H and O–H groups in total. The fraction of sp³-hybridized carbons (Fsp3) is 0.520. The summed E-state index contributed by atoms with van der Waals surface area (Å²) < 4.78 is 9.91. The fourth-order valence-electron chi connectivity index (χ4n) is 6.13. The molecule has 0 saturated heterocycles. The lowest BCUT2D eigenvalue weighted by Crippen LogP contribution is -2.46. The highest BCUT2D eigenvalue weighted by Gasteiger charge is 2.85. The van der Waals surface area contributed by atoms with E-state index < -0.39 is 46.5 Å². The van der Waals surface area contributed by atoms with Crippen LogP contribution in [0.15, 0.2) is 42.5 Å². The average Bonchev–Trinajstić information content (AvgIpc) is 3.36. The van der Waals surface area contributed by atoms with Crippen molar-refractivity contribution < 1.29 is 33.5 Å². The molecule has 0 bridgehead atoms. The lowest BCUT2D eigenvalue weighted by molar-refractivity contribution is -0.166. The quantitative estimate of drug-likeness (QED) is 0.218. The first-order valence-corrected chi connectivity index (χ1v) is 11.3. The number of hydroxylamine groups is 1. The van der Waals surface area contributed by atoms with Crippen molar-refractivity contribution in [3.05, 3.63) is 48.0 Å². The Hall–Kier alpha value is -3.36. The molecule has 2 fully saturated rings. The van der Waals surface area contributed by atoms with Crippen molar-refractivity contribution in [3.8, 4) is 0 Å². The summed E-state index contributed by atoms with van der Waals surface area (Å²) in [7, 11) is 0. The first-order valence-electron chi connectivity index (χ1n) is 11.3. The summed E-state index contributed by atoms with van der Waals surface area (Å²) in [6, 6.07) is 9.40. The molecular weight excluding hydrogens is 440 g/mol. The van der Waals surface area contributed by atoms with Crippen molar-refractivity contribution in [1.29, 1.82) is 0 Å². The van der Waals surface area contributed by atoms with Gasteiger partial charge < -0.3 is 20.0 Å². The van der Waals surface area contributed by atoms with Gasteiger partial charge in [0.25, 0.3) is 0 Å². The van der Waals surface area contributed by atoms with Crippen LogP contribution < -0.4 is 11.2 Å². The second kappa shape index (κ2) is 8.77. The number of nitrogens with one attached hydrogen (secondary N) is 1. The van der Waals surface area contributed by atoms with E-state index in [2.05, 4.69) is 12.1 Å². The normalized spacial score (nSPS) is 29.6. The zero-order chi connectivity index (χ0) is 25.5. The van der Waals surface area contributed by atoms with E-state index in [1.54, 1.807) is 27.7 Å². The molecule has 5 unspecified atom stereocenters. The molecule has 34 heavy (non-hydrogen) atoms. The lowest BCUT2D eigenvalue weighted by atomic mass is 9.65. The maximum absolute atomic E-state index is 13.7. The Morgan fingerprint density at radius 3 is 2.21 bits per heavy atom. The summed E-state index contributed by atoms with van der Waals surface area (Å²) in [5.41, 5.74) is 5.62. The predicted molar refractivity (Wildman–Crippen MR) is 122 cm³/mol. The molecule has 1 aromatic carbocycles. The van der Waals surface area contributed by atoms with Crippen LogP contribution in [0.5, 0.6) is 0 Å². The van der Waals surface area contributed by atoms with Crippen molar-refractivity contribution in [2.75, 3.05) is 0 Å². The Labute approximate surface area is 198 Å². The number of hydrogen-bond donors (Lipinski definition) is 2. The van der Waals surface area contributed by atoms with Gasteiger partial charge in [0.15, 0.2) is 0 Å². The lowest BCUT2D eigenvalue weighted by Gasteiger charge is -2.38. The number of nitrogens with two attached hydrogens (primary N) is 1. The smallest absolute Gasteiger partial charge is 0.441 e. The summed E-state index contributed by atoms with van der Waals surface area (Å²) in [4.78, 5) is 55.3. The van der Waals surface area contributed by atoms with Crippen LogP contribution in [0.1, 0.15) is 58.9 Å². The van der Waals surface area contributed by atoms with Crippen LogP contribution in [0.25, 0.3) is 0 Å². The fourth-order valence-corrected chi connectivity index (χ4v) is 6.13. The van der Waals surface area contributed by atoms with E-state index in [0.717, 1.165) is 5.56 Å². The number of rotatable bonds is 5. The molecule has 2 amide bonds. The van der Waals surface area contributed by atoms with Gasteiger partial charge in [-0.2, -0.15) is 0 Å². The summed E-state index contributed by atoms with van der Waals surface area (Å²) >= 11 is 0. The Kier molecular flexibility index (Phi) is 6.52. The number of ether oxygens (including phenoxy) is 2. The minimum absolute atomic E-state index is 0.259.